The fourth-order valence-electron chi connectivity index (χ4n) is 3.57. The predicted octanol–water partition coefficient (Wildman–Crippen LogP) is 3.10. The molecule has 0 unspecified atom stereocenters. The molecule has 1 atom stereocenters. The number of rotatable bonds is 5. The molecule has 1 aliphatic heterocycles. The summed E-state index contributed by atoms with van der Waals surface area (Å²) < 4.78 is 1.95. The molecule has 1 aliphatic rings. The third kappa shape index (κ3) is 4.12. The third-order valence-electron chi connectivity index (χ3n) is 4.86. The predicted molar refractivity (Wildman–Crippen MR) is 97.1 cm³/mol. The quantitative estimate of drug-likeness (QED) is 0.720. The fraction of sp³-hybridized carbons (Fsp3) is 0.350. The van der Waals surface area contributed by atoms with Crippen LogP contribution in [-0.2, 0) is 13.1 Å². The largest absolute Gasteiger partial charge is 0.298 e. The van der Waals surface area contributed by atoms with E-state index in [4.69, 9.17) is 0 Å². The van der Waals surface area contributed by atoms with Crippen LogP contribution in [0.25, 0.3) is 0 Å². The van der Waals surface area contributed by atoms with E-state index in [1.165, 1.54) is 29.7 Å². The van der Waals surface area contributed by atoms with Crippen molar-refractivity contribution < 1.29 is 0 Å². The zero-order chi connectivity index (χ0) is 16.9. The molecule has 0 spiro atoms. The van der Waals surface area contributed by atoms with Crippen molar-refractivity contribution in [3.05, 3.63) is 78.1 Å². The topological polar surface area (TPSA) is 46.8 Å². The van der Waals surface area contributed by atoms with Crippen molar-refractivity contribution in [2.24, 2.45) is 0 Å². The number of piperidine rings is 1. The monoisotopic (exact) mass is 333 g/mol. The first kappa shape index (κ1) is 16.0. The molecule has 1 saturated heterocycles. The van der Waals surface area contributed by atoms with Crippen LogP contribution in [0.5, 0.6) is 0 Å². The van der Waals surface area contributed by atoms with Crippen LogP contribution in [0.3, 0.4) is 0 Å². The minimum Gasteiger partial charge on any atom is -0.298 e. The summed E-state index contributed by atoms with van der Waals surface area (Å²) in [6.07, 6.45) is 9.77. The van der Waals surface area contributed by atoms with E-state index in [1.54, 1.807) is 6.33 Å². The smallest absolute Gasteiger partial charge is 0.115 e. The van der Waals surface area contributed by atoms with Crippen LogP contribution < -0.4 is 0 Å². The second kappa shape index (κ2) is 7.57. The number of hydrogen-bond acceptors (Lipinski definition) is 4. The maximum Gasteiger partial charge on any atom is 0.115 e. The van der Waals surface area contributed by atoms with Gasteiger partial charge in [0.2, 0.25) is 0 Å². The van der Waals surface area contributed by atoms with Gasteiger partial charge in [0.15, 0.2) is 0 Å². The van der Waals surface area contributed by atoms with Crippen LogP contribution >= 0.6 is 0 Å². The maximum atomic E-state index is 4.44. The molecule has 0 N–H and O–H groups in total. The summed E-state index contributed by atoms with van der Waals surface area (Å²) in [6.45, 7) is 4.07. The first-order chi connectivity index (χ1) is 12.4. The molecule has 0 bridgehead atoms. The van der Waals surface area contributed by atoms with E-state index in [0.717, 1.165) is 26.2 Å². The lowest BCUT2D eigenvalue weighted by atomic mass is 9.94. The molecule has 128 valence electrons. The van der Waals surface area contributed by atoms with Crippen molar-refractivity contribution in [2.75, 3.05) is 13.1 Å². The molecule has 0 aliphatic carbocycles. The number of hydrogen-bond donors (Lipinski definition) is 0. The van der Waals surface area contributed by atoms with Crippen LogP contribution in [0.2, 0.25) is 0 Å². The molecule has 5 nitrogen and oxygen atoms in total. The van der Waals surface area contributed by atoms with Crippen molar-refractivity contribution >= 4 is 0 Å². The van der Waals surface area contributed by atoms with Crippen LogP contribution in [0, 0.1) is 0 Å². The molecule has 0 saturated carbocycles. The summed E-state index contributed by atoms with van der Waals surface area (Å²) >= 11 is 0. The van der Waals surface area contributed by atoms with E-state index in [2.05, 4.69) is 50.3 Å². The lowest BCUT2D eigenvalue weighted by Gasteiger charge is -2.32. The van der Waals surface area contributed by atoms with Crippen LogP contribution in [0.15, 0.2) is 61.3 Å². The van der Waals surface area contributed by atoms with Crippen molar-refractivity contribution in [3.8, 4) is 0 Å². The SMILES string of the molecule is c1cnn(Cc2ccc(CN3CCC[C@H](c4ccncn4)C3)cc2)c1. The molecular weight excluding hydrogens is 310 g/mol. The highest BCUT2D eigenvalue weighted by molar-refractivity contribution is 5.23. The highest BCUT2D eigenvalue weighted by atomic mass is 15.3. The van der Waals surface area contributed by atoms with Gasteiger partial charge in [0, 0.05) is 43.3 Å². The van der Waals surface area contributed by atoms with Gasteiger partial charge < -0.3 is 0 Å². The summed E-state index contributed by atoms with van der Waals surface area (Å²) in [6, 6.07) is 12.9. The Balaban J connectivity index is 1.36. The van der Waals surface area contributed by atoms with E-state index in [-0.39, 0.29) is 0 Å². The Morgan fingerprint density at radius 3 is 2.56 bits per heavy atom. The van der Waals surface area contributed by atoms with Gasteiger partial charge in [-0.3, -0.25) is 9.58 Å². The lowest BCUT2D eigenvalue weighted by Crippen LogP contribution is -2.34. The zero-order valence-corrected chi connectivity index (χ0v) is 14.3. The van der Waals surface area contributed by atoms with Crippen molar-refractivity contribution in [2.45, 2.75) is 31.8 Å². The first-order valence-corrected chi connectivity index (χ1v) is 8.90. The van der Waals surface area contributed by atoms with E-state index >= 15 is 0 Å². The van der Waals surface area contributed by atoms with Gasteiger partial charge in [-0.1, -0.05) is 24.3 Å². The number of benzene rings is 1. The minimum atomic E-state index is 0.524. The van der Waals surface area contributed by atoms with Gasteiger partial charge >= 0.3 is 0 Å². The Labute approximate surface area is 148 Å². The molecule has 1 fully saturated rings. The van der Waals surface area contributed by atoms with Crippen LogP contribution in [0.1, 0.15) is 35.6 Å². The highest BCUT2D eigenvalue weighted by Crippen LogP contribution is 2.26. The standard InChI is InChI=1S/C20H23N5/c1-3-19(20-8-10-21-16-22-20)15-24(11-1)13-17-4-6-18(7-5-17)14-25-12-2-9-23-25/h2,4-10,12,16,19H,1,3,11,13-15H2/t19-/m0/s1. The lowest BCUT2D eigenvalue weighted by molar-refractivity contribution is 0.198. The van der Waals surface area contributed by atoms with Gasteiger partial charge in [0.1, 0.15) is 6.33 Å². The Bertz CT molecular complexity index is 768. The Hall–Kier alpha value is -2.53. The molecule has 0 amide bonds. The maximum absolute atomic E-state index is 4.44. The number of aromatic nitrogens is 4. The summed E-state index contributed by atoms with van der Waals surface area (Å²) in [5.74, 6) is 0.524. The number of likely N-dealkylation sites (tertiary alicyclic amines) is 1. The van der Waals surface area contributed by atoms with E-state index in [9.17, 15) is 0 Å². The van der Waals surface area contributed by atoms with Crippen molar-refractivity contribution in [3.63, 3.8) is 0 Å². The summed E-state index contributed by atoms with van der Waals surface area (Å²) in [4.78, 5) is 11.0. The molecule has 1 aromatic carbocycles. The Morgan fingerprint density at radius 2 is 1.84 bits per heavy atom. The molecule has 4 rings (SSSR count). The Morgan fingerprint density at radius 1 is 1.00 bits per heavy atom. The molecule has 3 heterocycles. The highest BCUT2D eigenvalue weighted by Gasteiger charge is 2.22. The molecule has 2 aromatic heterocycles. The zero-order valence-electron chi connectivity index (χ0n) is 14.3. The second-order valence-electron chi connectivity index (χ2n) is 6.73. The van der Waals surface area contributed by atoms with Crippen molar-refractivity contribution in [1.29, 1.82) is 0 Å². The molecule has 3 aromatic rings. The van der Waals surface area contributed by atoms with Gasteiger partial charge in [-0.2, -0.15) is 5.10 Å². The number of nitrogens with zero attached hydrogens (tertiary/aromatic N) is 5. The van der Waals surface area contributed by atoms with Crippen LogP contribution in [0.4, 0.5) is 0 Å². The van der Waals surface area contributed by atoms with Gasteiger partial charge in [-0.25, -0.2) is 9.97 Å². The normalized spacial score (nSPS) is 18.3. The summed E-state index contributed by atoms with van der Waals surface area (Å²) in [5, 5.41) is 4.26. The minimum absolute atomic E-state index is 0.524. The molecule has 5 heteroatoms. The first-order valence-electron chi connectivity index (χ1n) is 8.90. The van der Waals surface area contributed by atoms with Gasteiger partial charge in [-0.15, -0.1) is 0 Å². The van der Waals surface area contributed by atoms with Crippen molar-refractivity contribution in [1.82, 2.24) is 24.6 Å². The molecular formula is C20H23N5. The summed E-state index contributed by atoms with van der Waals surface area (Å²) in [5.41, 5.74) is 3.83. The van der Waals surface area contributed by atoms with E-state index in [1.807, 2.05) is 29.3 Å². The van der Waals surface area contributed by atoms with Crippen LogP contribution in [-0.4, -0.2) is 37.7 Å². The van der Waals surface area contributed by atoms with E-state index in [0.29, 0.717) is 5.92 Å². The molecule has 0 radical (unpaired) electrons. The molecule has 25 heavy (non-hydrogen) atoms. The fourth-order valence-corrected chi connectivity index (χ4v) is 3.57. The average molecular weight is 333 g/mol. The van der Waals surface area contributed by atoms with Gasteiger partial charge in [0.25, 0.3) is 0 Å². The average Bonchev–Trinajstić information content (AvgIpc) is 3.17. The Kier molecular flexibility index (Phi) is 4.84. The second-order valence-corrected chi connectivity index (χ2v) is 6.73. The van der Waals surface area contributed by atoms with Gasteiger partial charge in [0.05, 0.1) is 6.54 Å². The van der Waals surface area contributed by atoms with Gasteiger partial charge in [-0.05, 0) is 42.6 Å². The summed E-state index contributed by atoms with van der Waals surface area (Å²) in [7, 11) is 0. The third-order valence-corrected chi connectivity index (χ3v) is 4.86. The van der Waals surface area contributed by atoms with E-state index < -0.39 is 0 Å².